The third kappa shape index (κ3) is 13.3. The molecular formula is C33H40F6N4O6. The number of nitrogens with zero attached hydrogens (tertiary/aromatic N) is 1. The lowest BCUT2D eigenvalue weighted by Gasteiger charge is -2.24. The van der Waals surface area contributed by atoms with Crippen LogP contribution in [0.5, 0.6) is 0 Å². The van der Waals surface area contributed by atoms with Gasteiger partial charge >= 0.3 is 12.4 Å². The Balaban J connectivity index is 0.000000500. The zero-order valence-corrected chi connectivity index (χ0v) is 27.3. The van der Waals surface area contributed by atoms with E-state index in [4.69, 9.17) is 24.8 Å². The number of halogens is 6. The van der Waals surface area contributed by atoms with Crippen molar-refractivity contribution in [2.45, 2.75) is 77.2 Å². The highest BCUT2D eigenvalue weighted by molar-refractivity contribution is 5.93. The van der Waals surface area contributed by atoms with Crippen molar-refractivity contribution < 1.29 is 66.0 Å². The summed E-state index contributed by atoms with van der Waals surface area (Å²) in [5, 5.41) is 25.5. The molecule has 1 saturated heterocycles. The number of fused-ring (bicyclic) bond motifs is 1. The first-order chi connectivity index (χ1) is 22.8. The zero-order chi connectivity index (χ0) is 37.0. The van der Waals surface area contributed by atoms with Crippen LogP contribution in [-0.4, -0.2) is 68.0 Å². The van der Waals surface area contributed by atoms with E-state index in [0.29, 0.717) is 18.6 Å². The highest BCUT2D eigenvalue weighted by atomic mass is 19.4. The number of amides is 1. The number of unbranched alkanes of at least 4 members (excludes halogenated alkanes) is 2. The minimum atomic E-state index is -5.19. The Morgan fingerprint density at radius 1 is 0.959 bits per heavy atom. The van der Waals surface area contributed by atoms with Gasteiger partial charge < -0.3 is 30.0 Å². The molecule has 4 N–H and O–H groups in total. The van der Waals surface area contributed by atoms with Gasteiger partial charge in [0.15, 0.2) is 5.70 Å². The molecule has 16 heteroatoms. The molecule has 0 aliphatic carbocycles. The number of carboxylic acids is 2. The number of nitrogens with two attached hydrogens (primary N) is 1. The molecule has 2 aliphatic rings. The van der Waals surface area contributed by atoms with Crippen LogP contribution in [0.1, 0.15) is 64.4 Å². The molecule has 10 nitrogen and oxygen atoms in total. The van der Waals surface area contributed by atoms with Crippen LogP contribution >= 0.6 is 0 Å². The molecule has 1 fully saturated rings. The van der Waals surface area contributed by atoms with Gasteiger partial charge in [-0.2, -0.15) is 26.3 Å². The molecule has 3 atom stereocenters. The Hall–Kier alpha value is -4.31. The molecule has 2 aromatic carbocycles. The largest absolute Gasteiger partial charge is 0.542 e. The van der Waals surface area contributed by atoms with Gasteiger partial charge in [-0.15, -0.1) is 0 Å². The second-order valence-electron chi connectivity index (χ2n) is 12.1. The number of nitrogens with one attached hydrogen (secondary N) is 2. The molecule has 0 radical (unpaired) electrons. The second-order valence-corrected chi connectivity index (χ2v) is 12.1. The lowest BCUT2D eigenvalue weighted by molar-refractivity contribution is -0.868. The molecule has 0 spiro atoms. The molecule has 2 aromatic rings. The van der Waals surface area contributed by atoms with Gasteiger partial charge in [-0.3, -0.25) is 14.9 Å². The van der Waals surface area contributed by atoms with Gasteiger partial charge in [0.2, 0.25) is 11.7 Å². The standard InChI is InChI=1S/C29H38N4O2.2C2HF3O2/c1-4-24(34)12-6-5-7-13-25(32-28(35)29(2)16-17-33(3)20-29)27-30-19-26(31-27)23-15-14-21-10-8-9-11-22(21)18-23;2*3-2(4,5)1(6)7/h8-11,14-15,18-19,25H,4-7,12-13,16-17,20H2,1-3H3,(H,30,31)(H,32,35);2*(H,6,7)/t25-,29?;;/m0../s1. The van der Waals surface area contributed by atoms with Gasteiger partial charge in [-0.25, -0.2) is 4.99 Å². The summed E-state index contributed by atoms with van der Waals surface area (Å²) in [6.07, 6.45) is -2.59. The van der Waals surface area contributed by atoms with Gasteiger partial charge in [0, 0.05) is 24.8 Å². The maximum atomic E-state index is 13.3. The average Bonchev–Trinajstić information content (AvgIpc) is 3.66. The molecule has 2 aliphatic heterocycles. The van der Waals surface area contributed by atoms with E-state index in [2.05, 4.69) is 67.1 Å². The van der Waals surface area contributed by atoms with Crippen LogP contribution in [0, 0.1) is 5.41 Å². The Morgan fingerprint density at radius 3 is 2.08 bits per heavy atom. The fraction of sp³-hybridized carbons (Fsp3) is 0.485. The van der Waals surface area contributed by atoms with E-state index in [9.17, 15) is 35.9 Å². The van der Waals surface area contributed by atoms with Crippen LogP contribution in [0.4, 0.5) is 26.3 Å². The number of ketones is 1. The van der Waals surface area contributed by atoms with Crippen molar-refractivity contribution in [3.63, 3.8) is 0 Å². The summed E-state index contributed by atoms with van der Waals surface area (Å²) in [5.41, 5.74) is 1.89. The summed E-state index contributed by atoms with van der Waals surface area (Å²) in [6, 6.07) is 14.7. The summed E-state index contributed by atoms with van der Waals surface area (Å²) in [5.74, 6) is -4.63. The van der Waals surface area contributed by atoms with Crippen molar-refractivity contribution in [2.24, 2.45) is 10.4 Å². The van der Waals surface area contributed by atoms with Gasteiger partial charge in [-0.1, -0.05) is 50.1 Å². The maximum absolute atomic E-state index is 13.3. The molecule has 2 heterocycles. The molecule has 49 heavy (non-hydrogen) atoms. The van der Waals surface area contributed by atoms with Crippen molar-refractivity contribution in [1.82, 2.24) is 5.32 Å². The van der Waals surface area contributed by atoms with E-state index in [0.717, 1.165) is 62.3 Å². The number of hydrogen-bond acceptors (Lipinski definition) is 7. The normalized spacial score (nSPS) is 19.4. The van der Waals surface area contributed by atoms with Crippen LogP contribution in [0.2, 0.25) is 0 Å². The van der Waals surface area contributed by atoms with E-state index in [1.807, 2.05) is 13.1 Å². The van der Waals surface area contributed by atoms with Gasteiger partial charge in [-0.05, 0) is 42.7 Å². The van der Waals surface area contributed by atoms with Crippen LogP contribution in [0.3, 0.4) is 0 Å². The topological polar surface area (TPSA) is 160 Å². The van der Waals surface area contributed by atoms with E-state index in [1.54, 1.807) is 0 Å². The Bertz CT molecular complexity index is 1520. The number of Topliss-reactive ketones (excluding diaryl/α,β-unsaturated/α-hetero) is 1. The van der Waals surface area contributed by atoms with Gasteiger partial charge in [0.1, 0.15) is 29.2 Å². The van der Waals surface area contributed by atoms with E-state index < -0.39 is 24.3 Å². The SMILES string of the molecule is CCC(=O)CCCCC[C@H](NC(=O)C1(C)CC[NH+](C)C1)C1=NC=C(c2ccc3ccccc3c2)[NH2+]1.O=C([O-])C(F)(F)F.O=C([O-])C(F)(F)F. The maximum Gasteiger partial charge on any atom is 0.430 e. The van der Waals surface area contributed by atoms with Crippen molar-refractivity contribution in [3.8, 4) is 0 Å². The fourth-order valence-electron chi connectivity index (χ4n) is 5.27. The first-order valence-corrected chi connectivity index (χ1v) is 15.6. The van der Waals surface area contributed by atoms with Crippen molar-refractivity contribution >= 4 is 45.9 Å². The third-order valence-electron chi connectivity index (χ3n) is 8.05. The number of aliphatic imine (C=N–C) groups is 1. The lowest BCUT2D eigenvalue weighted by Crippen LogP contribution is -3.07. The van der Waals surface area contributed by atoms with E-state index in [1.165, 1.54) is 15.7 Å². The number of quaternary nitrogens is 2. The van der Waals surface area contributed by atoms with Crippen molar-refractivity contribution in [2.75, 3.05) is 20.1 Å². The average molecular weight is 703 g/mol. The molecule has 0 bridgehead atoms. The monoisotopic (exact) mass is 702 g/mol. The summed E-state index contributed by atoms with van der Waals surface area (Å²) < 4.78 is 63.1. The number of carbonyl (C=O) groups excluding carboxylic acids is 4. The molecule has 270 valence electrons. The summed E-state index contributed by atoms with van der Waals surface area (Å²) in [4.78, 5) is 48.7. The minimum absolute atomic E-state index is 0.115. The number of likely N-dealkylation sites (tertiary alicyclic amines) is 1. The minimum Gasteiger partial charge on any atom is -0.542 e. The number of aliphatic carboxylic acids is 2. The van der Waals surface area contributed by atoms with Crippen LogP contribution in [0.15, 0.2) is 53.7 Å². The van der Waals surface area contributed by atoms with Crippen molar-refractivity contribution in [3.05, 3.63) is 54.2 Å². The Kier molecular flexibility index (Phi) is 14.9. The number of rotatable bonds is 11. The van der Waals surface area contributed by atoms with E-state index in [-0.39, 0.29) is 17.4 Å². The van der Waals surface area contributed by atoms with Crippen LogP contribution < -0.4 is 25.7 Å². The van der Waals surface area contributed by atoms with E-state index >= 15 is 0 Å². The third-order valence-corrected chi connectivity index (χ3v) is 8.05. The predicted molar refractivity (Wildman–Crippen MR) is 163 cm³/mol. The number of benzene rings is 2. The van der Waals surface area contributed by atoms with Crippen LogP contribution in [0.25, 0.3) is 16.5 Å². The molecule has 4 rings (SSSR count). The first-order valence-electron chi connectivity index (χ1n) is 15.6. The summed E-state index contributed by atoms with van der Waals surface area (Å²) in [7, 11) is 2.15. The highest BCUT2D eigenvalue weighted by Gasteiger charge is 2.43. The fourth-order valence-corrected chi connectivity index (χ4v) is 5.27. The molecule has 0 aromatic heterocycles. The van der Waals surface area contributed by atoms with Crippen LogP contribution in [-0.2, 0) is 19.2 Å². The number of carbonyl (C=O) groups is 4. The molecular weight excluding hydrogens is 662 g/mol. The Labute approximate surface area is 279 Å². The summed E-state index contributed by atoms with van der Waals surface area (Å²) in [6.45, 7) is 5.90. The molecule has 1 amide bonds. The highest BCUT2D eigenvalue weighted by Crippen LogP contribution is 2.24. The zero-order valence-electron chi connectivity index (χ0n) is 27.3. The number of amidine groups is 1. The lowest BCUT2D eigenvalue weighted by atomic mass is 9.88. The number of carboxylic acid groups (broad SMARTS) is 2. The molecule has 2 unspecified atom stereocenters. The first kappa shape index (κ1) is 40.9. The number of hydrogen-bond donors (Lipinski definition) is 3. The van der Waals surface area contributed by atoms with Gasteiger partial charge in [0.25, 0.3) is 0 Å². The smallest absolute Gasteiger partial charge is 0.430 e. The predicted octanol–water partition coefficient (Wildman–Crippen LogP) is 1.05. The second kappa shape index (κ2) is 17.9. The van der Waals surface area contributed by atoms with Crippen molar-refractivity contribution in [1.29, 1.82) is 0 Å². The quantitative estimate of drug-likeness (QED) is 0.235. The Morgan fingerprint density at radius 2 is 1.55 bits per heavy atom. The number of alkyl halides is 6. The van der Waals surface area contributed by atoms with Gasteiger partial charge in [0.05, 0.1) is 26.3 Å². The molecule has 0 saturated carbocycles. The summed E-state index contributed by atoms with van der Waals surface area (Å²) >= 11 is 0.